The highest BCUT2D eigenvalue weighted by atomic mass is 32.2. The standard InChI is InChI=1S/C18H14N6O3S/c19-9-12-1-4-14(20-10-12)5-8-16(25)11-28-18-21-22-23-24(18)15-6-2-13(3-7-15)17(26)27/h1-4,6-7,10H,5,8,11H2,(H,26,27). The maximum absolute atomic E-state index is 12.2. The number of tetrazole rings is 1. The maximum Gasteiger partial charge on any atom is 0.335 e. The van der Waals surface area contributed by atoms with E-state index in [-0.39, 0.29) is 17.1 Å². The number of carbonyl (C=O) groups excluding carboxylic acids is 1. The van der Waals surface area contributed by atoms with Gasteiger partial charge in [-0.3, -0.25) is 9.78 Å². The molecule has 1 N–H and O–H groups in total. The summed E-state index contributed by atoms with van der Waals surface area (Å²) in [4.78, 5) is 27.2. The van der Waals surface area contributed by atoms with Gasteiger partial charge >= 0.3 is 5.97 Å². The molecular formula is C18H14N6O3S. The number of rotatable bonds is 8. The lowest BCUT2D eigenvalue weighted by molar-refractivity contribution is -0.116. The molecule has 3 aromatic rings. The number of thioether (sulfide) groups is 1. The third-order valence-electron chi connectivity index (χ3n) is 3.78. The van der Waals surface area contributed by atoms with E-state index in [1.807, 2.05) is 6.07 Å². The van der Waals surface area contributed by atoms with Crippen LogP contribution in [0.2, 0.25) is 0 Å². The minimum Gasteiger partial charge on any atom is -0.478 e. The van der Waals surface area contributed by atoms with E-state index in [9.17, 15) is 9.59 Å². The Balaban J connectivity index is 1.56. The minimum absolute atomic E-state index is 0.0203. The molecule has 0 bridgehead atoms. The lowest BCUT2D eigenvalue weighted by atomic mass is 10.1. The number of nitrogens with zero attached hydrogens (tertiary/aromatic N) is 6. The Morgan fingerprint density at radius 3 is 2.61 bits per heavy atom. The molecule has 2 aromatic heterocycles. The van der Waals surface area contributed by atoms with E-state index in [4.69, 9.17) is 10.4 Å². The van der Waals surface area contributed by atoms with Crippen LogP contribution in [-0.2, 0) is 11.2 Å². The van der Waals surface area contributed by atoms with Crippen molar-refractivity contribution < 1.29 is 14.7 Å². The highest BCUT2D eigenvalue weighted by Crippen LogP contribution is 2.19. The van der Waals surface area contributed by atoms with Crippen LogP contribution in [0.5, 0.6) is 0 Å². The predicted molar refractivity (Wildman–Crippen MR) is 99.1 cm³/mol. The van der Waals surface area contributed by atoms with E-state index >= 15 is 0 Å². The zero-order valence-electron chi connectivity index (χ0n) is 14.5. The molecule has 0 amide bonds. The second-order valence-corrected chi connectivity index (χ2v) is 6.65. The molecule has 0 atom stereocenters. The van der Waals surface area contributed by atoms with Crippen molar-refractivity contribution in [1.29, 1.82) is 5.26 Å². The summed E-state index contributed by atoms with van der Waals surface area (Å²) in [6.45, 7) is 0. The Kier molecular flexibility index (Phi) is 6.08. The van der Waals surface area contributed by atoms with Gasteiger partial charge < -0.3 is 5.11 Å². The molecule has 0 saturated carbocycles. The Bertz CT molecular complexity index is 1020. The molecule has 0 aliphatic rings. The first-order valence-electron chi connectivity index (χ1n) is 8.18. The third kappa shape index (κ3) is 4.77. The molecule has 2 heterocycles. The molecule has 10 heteroatoms. The first-order chi connectivity index (χ1) is 13.6. The lowest BCUT2D eigenvalue weighted by Crippen LogP contribution is -2.06. The van der Waals surface area contributed by atoms with Crippen LogP contribution in [0.25, 0.3) is 5.69 Å². The lowest BCUT2D eigenvalue weighted by Gasteiger charge is -2.05. The average molecular weight is 394 g/mol. The fraction of sp³-hybridized carbons (Fsp3) is 0.167. The van der Waals surface area contributed by atoms with Crippen LogP contribution in [0.15, 0.2) is 47.8 Å². The van der Waals surface area contributed by atoms with E-state index in [0.29, 0.717) is 29.2 Å². The van der Waals surface area contributed by atoms with Crippen LogP contribution < -0.4 is 0 Å². The number of aromatic carboxylic acids is 1. The number of aryl methyl sites for hydroxylation is 1. The first-order valence-corrected chi connectivity index (χ1v) is 9.17. The molecule has 0 aliphatic carbocycles. The van der Waals surface area contributed by atoms with Crippen LogP contribution in [0.1, 0.15) is 28.0 Å². The quantitative estimate of drug-likeness (QED) is 0.568. The number of carbonyl (C=O) groups is 2. The van der Waals surface area contributed by atoms with Crippen molar-refractivity contribution in [2.75, 3.05) is 5.75 Å². The van der Waals surface area contributed by atoms with Gasteiger partial charge in [-0.15, -0.1) is 5.10 Å². The van der Waals surface area contributed by atoms with Crippen LogP contribution >= 0.6 is 11.8 Å². The number of Topliss-reactive ketones (excluding diaryl/α,β-unsaturated/α-hetero) is 1. The van der Waals surface area contributed by atoms with Gasteiger partial charge in [-0.25, -0.2) is 4.79 Å². The SMILES string of the molecule is N#Cc1ccc(CCC(=O)CSc2nnnn2-c2ccc(C(=O)O)cc2)nc1. The van der Waals surface area contributed by atoms with E-state index < -0.39 is 5.97 Å². The van der Waals surface area contributed by atoms with Gasteiger partial charge in [-0.2, -0.15) is 9.94 Å². The molecule has 9 nitrogen and oxygen atoms in total. The molecular weight excluding hydrogens is 380 g/mol. The highest BCUT2D eigenvalue weighted by Gasteiger charge is 2.13. The van der Waals surface area contributed by atoms with Gasteiger partial charge in [0, 0.05) is 18.3 Å². The summed E-state index contributed by atoms with van der Waals surface area (Å²) in [5.41, 5.74) is 2.00. The molecule has 1 aromatic carbocycles. The van der Waals surface area contributed by atoms with Crippen molar-refractivity contribution in [3.63, 3.8) is 0 Å². The molecule has 0 aliphatic heterocycles. The van der Waals surface area contributed by atoms with E-state index in [1.165, 1.54) is 34.8 Å². The Morgan fingerprint density at radius 2 is 1.96 bits per heavy atom. The zero-order valence-corrected chi connectivity index (χ0v) is 15.3. The topological polar surface area (TPSA) is 135 Å². The Labute approximate surface area is 164 Å². The largest absolute Gasteiger partial charge is 0.478 e. The predicted octanol–water partition coefficient (Wildman–Crippen LogP) is 1.92. The first kappa shape index (κ1) is 19.2. The Morgan fingerprint density at radius 1 is 1.18 bits per heavy atom. The third-order valence-corrected chi connectivity index (χ3v) is 4.75. The molecule has 140 valence electrons. The number of hydrogen-bond acceptors (Lipinski definition) is 8. The van der Waals surface area contributed by atoms with Crippen LogP contribution in [0.3, 0.4) is 0 Å². The van der Waals surface area contributed by atoms with Crippen molar-refractivity contribution in [3.05, 3.63) is 59.4 Å². The molecule has 28 heavy (non-hydrogen) atoms. The number of hydrogen-bond donors (Lipinski definition) is 1. The van der Waals surface area contributed by atoms with Gasteiger partial charge in [0.25, 0.3) is 0 Å². The molecule has 0 unspecified atom stereocenters. The summed E-state index contributed by atoms with van der Waals surface area (Å²) >= 11 is 1.21. The van der Waals surface area contributed by atoms with Crippen LogP contribution in [0.4, 0.5) is 0 Å². The van der Waals surface area contributed by atoms with Gasteiger partial charge in [-0.05, 0) is 53.2 Å². The maximum atomic E-state index is 12.2. The summed E-state index contributed by atoms with van der Waals surface area (Å²) in [6.07, 6.45) is 2.30. The number of carboxylic acid groups (broad SMARTS) is 1. The van der Waals surface area contributed by atoms with E-state index in [0.717, 1.165) is 5.69 Å². The van der Waals surface area contributed by atoms with E-state index in [1.54, 1.807) is 24.3 Å². The molecule has 0 radical (unpaired) electrons. The highest BCUT2D eigenvalue weighted by molar-refractivity contribution is 7.99. The van der Waals surface area contributed by atoms with Crippen molar-refractivity contribution in [2.45, 2.75) is 18.0 Å². The van der Waals surface area contributed by atoms with Gasteiger partial charge in [0.05, 0.1) is 22.6 Å². The minimum atomic E-state index is -1.01. The van der Waals surface area contributed by atoms with Gasteiger partial charge in [-0.1, -0.05) is 11.8 Å². The van der Waals surface area contributed by atoms with Gasteiger partial charge in [0.1, 0.15) is 11.9 Å². The molecule has 0 saturated heterocycles. The van der Waals surface area contributed by atoms with Crippen molar-refractivity contribution >= 4 is 23.5 Å². The van der Waals surface area contributed by atoms with Crippen molar-refractivity contribution in [3.8, 4) is 11.8 Å². The number of benzene rings is 1. The number of ketones is 1. The smallest absolute Gasteiger partial charge is 0.335 e. The summed E-state index contributed by atoms with van der Waals surface area (Å²) in [7, 11) is 0. The van der Waals surface area contributed by atoms with Crippen LogP contribution in [0, 0.1) is 11.3 Å². The van der Waals surface area contributed by atoms with E-state index in [2.05, 4.69) is 20.5 Å². The second kappa shape index (κ2) is 8.88. The second-order valence-electron chi connectivity index (χ2n) is 5.70. The van der Waals surface area contributed by atoms with Crippen molar-refractivity contribution in [1.82, 2.24) is 25.2 Å². The molecule has 0 spiro atoms. The zero-order chi connectivity index (χ0) is 19.9. The average Bonchev–Trinajstić information content (AvgIpc) is 3.19. The fourth-order valence-electron chi connectivity index (χ4n) is 2.30. The molecule has 0 fully saturated rings. The monoisotopic (exact) mass is 394 g/mol. The molecule has 3 rings (SSSR count). The summed E-state index contributed by atoms with van der Waals surface area (Å²) in [5, 5.41) is 29.6. The van der Waals surface area contributed by atoms with Crippen molar-refractivity contribution in [2.24, 2.45) is 0 Å². The number of nitriles is 1. The van der Waals surface area contributed by atoms with Gasteiger partial charge in [0.15, 0.2) is 0 Å². The summed E-state index contributed by atoms with van der Waals surface area (Å²) in [6, 6.07) is 11.5. The Hall–Kier alpha value is -3.58. The summed E-state index contributed by atoms with van der Waals surface area (Å²) in [5.74, 6) is -0.795. The number of carboxylic acids is 1. The number of aromatic nitrogens is 5. The fourth-order valence-corrected chi connectivity index (χ4v) is 3.09. The van der Waals surface area contributed by atoms with Crippen LogP contribution in [-0.4, -0.2) is 47.8 Å². The summed E-state index contributed by atoms with van der Waals surface area (Å²) < 4.78 is 1.45. The normalized spacial score (nSPS) is 10.4. The van der Waals surface area contributed by atoms with Gasteiger partial charge in [0.2, 0.25) is 5.16 Å². The number of pyridine rings is 1.